The molecule has 3 rings (SSSR count). The lowest BCUT2D eigenvalue weighted by Gasteiger charge is -2.29. The van der Waals surface area contributed by atoms with E-state index in [2.05, 4.69) is 67.4 Å². The average molecular weight is 434 g/mol. The van der Waals surface area contributed by atoms with Crippen LogP contribution in [-0.4, -0.2) is 13.3 Å². The highest BCUT2D eigenvalue weighted by Crippen LogP contribution is 2.38. The van der Waals surface area contributed by atoms with E-state index >= 15 is 0 Å². The van der Waals surface area contributed by atoms with Crippen LogP contribution in [0, 0.1) is 5.92 Å². The topological polar surface area (TPSA) is 29.1 Å². The molecule has 2 aromatic rings. The number of aldehydes is 1. The van der Waals surface area contributed by atoms with Gasteiger partial charge in [-0.15, -0.1) is 0 Å². The fourth-order valence-corrected chi connectivity index (χ4v) is 4.60. The maximum atomic E-state index is 9.41. The van der Waals surface area contributed by atoms with Crippen LogP contribution in [0.1, 0.15) is 89.5 Å². The molecule has 174 valence electrons. The largest absolute Gasteiger partial charge is 0.388 e. The SMILES string of the molecule is C=C(C)C=O.CCCCCCCC1CCC(c2ccc(-c3ccc(NC)cc3)cc2)CC1. The molecule has 1 saturated carbocycles. The van der Waals surface area contributed by atoms with E-state index < -0.39 is 0 Å². The van der Waals surface area contributed by atoms with Gasteiger partial charge in [0.1, 0.15) is 6.29 Å². The predicted octanol–water partition coefficient (Wildman–Crippen LogP) is 8.79. The van der Waals surface area contributed by atoms with E-state index in [-0.39, 0.29) is 0 Å². The van der Waals surface area contributed by atoms with Gasteiger partial charge in [0, 0.05) is 12.7 Å². The number of carbonyl (C=O) groups excluding carboxylic acids is 1. The molecule has 1 aliphatic rings. The average Bonchev–Trinajstić information content (AvgIpc) is 2.85. The number of nitrogens with one attached hydrogen (secondary N) is 1. The first-order valence-electron chi connectivity index (χ1n) is 12.6. The molecule has 2 aromatic carbocycles. The summed E-state index contributed by atoms with van der Waals surface area (Å²) in [6, 6.07) is 18.1. The standard InChI is InChI=1S/C26H37N.C4H6O/c1-3-4-5-6-7-8-21-9-11-22(12-10-21)23-13-15-24(16-14-23)25-17-19-26(27-2)20-18-25;1-4(2)3-5/h13-22,27H,3-12H2,1-2H3;3H,1H2,2H3. The van der Waals surface area contributed by atoms with Crippen molar-refractivity contribution >= 4 is 12.0 Å². The molecule has 0 unspecified atom stereocenters. The Hall–Kier alpha value is -2.35. The van der Waals surface area contributed by atoms with Crippen molar-refractivity contribution in [3.8, 4) is 11.1 Å². The number of hydrogen-bond acceptors (Lipinski definition) is 2. The van der Waals surface area contributed by atoms with E-state index in [0.29, 0.717) is 5.57 Å². The normalized spacial score (nSPS) is 17.7. The molecule has 0 heterocycles. The van der Waals surface area contributed by atoms with Crippen molar-refractivity contribution in [2.75, 3.05) is 12.4 Å². The summed E-state index contributed by atoms with van der Waals surface area (Å²) < 4.78 is 0. The van der Waals surface area contributed by atoms with Gasteiger partial charge in [0.2, 0.25) is 0 Å². The molecule has 0 atom stereocenters. The fraction of sp³-hybridized carbons (Fsp3) is 0.500. The molecule has 1 fully saturated rings. The Balaban J connectivity index is 0.000000654. The first kappa shape index (κ1) is 25.9. The molecule has 0 spiro atoms. The lowest BCUT2D eigenvalue weighted by molar-refractivity contribution is -0.104. The third-order valence-electron chi connectivity index (χ3n) is 6.65. The van der Waals surface area contributed by atoms with Crippen molar-refractivity contribution in [3.63, 3.8) is 0 Å². The molecule has 32 heavy (non-hydrogen) atoms. The summed E-state index contributed by atoms with van der Waals surface area (Å²) in [5.74, 6) is 1.77. The summed E-state index contributed by atoms with van der Waals surface area (Å²) in [6.07, 6.45) is 14.9. The number of rotatable bonds is 10. The Labute approximate surface area is 196 Å². The van der Waals surface area contributed by atoms with E-state index in [1.54, 1.807) is 12.5 Å². The summed E-state index contributed by atoms with van der Waals surface area (Å²) in [7, 11) is 1.96. The van der Waals surface area contributed by atoms with Gasteiger partial charge in [-0.3, -0.25) is 4.79 Å². The molecule has 0 amide bonds. The molecule has 0 aliphatic heterocycles. The zero-order valence-corrected chi connectivity index (χ0v) is 20.5. The molecule has 2 heteroatoms. The summed E-state index contributed by atoms with van der Waals surface area (Å²) in [5, 5.41) is 3.18. The van der Waals surface area contributed by atoms with Crippen LogP contribution in [0.15, 0.2) is 60.7 Å². The van der Waals surface area contributed by atoms with Gasteiger partial charge in [-0.1, -0.05) is 88.4 Å². The summed E-state index contributed by atoms with van der Waals surface area (Å²) in [5.41, 5.74) is 5.91. The Morgan fingerprint density at radius 3 is 1.94 bits per heavy atom. The Kier molecular flexibility index (Phi) is 11.9. The van der Waals surface area contributed by atoms with Crippen molar-refractivity contribution in [1.82, 2.24) is 0 Å². The quantitative estimate of drug-likeness (QED) is 0.230. The molecular weight excluding hydrogens is 390 g/mol. The van der Waals surface area contributed by atoms with E-state index in [9.17, 15) is 4.79 Å². The molecule has 0 saturated heterocycles. The van der Waals surface area contributed by atoms with Crippen LogP contribution in [0.5, 0.6) is 0 Å². The highest BCUT2D eigenvalue weighted by molar-refractivity contribution is 5.70. The predicted molar refractivity (Wildman–Crippen MR) is 140 cm³/mol. The van der Waals surface area contributed by atoms with E-state index in [0.717, 1.165) is 23.8 Å². The second-order valence-corrected chi connectivity index (χ2v) is 9.33. The number of hydrogen-bond donors (Lipinski definition) is 1. The van der Waals surface area contributed by atoms with E-state index in [1.165, 1.54) is 75.3 Å². The van der Waals surface area contributed by atoms with Gasteiger partial charge in [0.05, 0.1) is 0 Å². The number of benzene rings is 2. The minimum atomic E-state index is 0.574. The zero-order valence-electron chi connectivity index (χ0n) is 20.5. The monoisotopic (exact) mass is 433 g/mol. The number of unbranched alkanes of at least 4 members (excludes halogenated alkanes) is 4. The molecule has 1 aliphatic carbocycles. The van der Waals surface area contributed by atoms with Crippen molar-refractivity contribution in [3.05, 3.63) is 66.2 Å². The second kappa shape index (κ2) is 14.7. The van der Waals surface area contributed by atoms with Crippen LogP contribution in [0.3, 0.4) is 0 Å². The van der Waals surface area contributed by atoms with Gasteiger partial charge < -0.3 is 5.32 Å². The van der Waals surface area contributed by atoms with Crippen molar-refractivity contribution < 1.29 is 4.79 Å². The van der Waals surface area contributed by atoms with Gasteiger partial charge in [-0.05, 0) is 78.8 Å². The maximum absolute atomic E-state index is 9.41. The first-order chi connectivity index (χ1) is 15.6. The van der Waals surface area contributed by atoms with E-state index in [4.69, 9.17) is 0 Å². The highest BCUT2D eigenvalue weighted by Gasteiger charge is 2.22. The third-order valence-corrected chi connectivity index (χ3v) is 6.65. The molecular formula is C30H43NO. The van der Waals surface area contributed by atoms with Crippen LogP contribution in [0.2, 0.25) is 0 Å². The second-order valence-electron chi connectivity index (χ2n) is 9.33. The number of allylic oxidation sites excluding steroid dienone is 1. The molecule has 2 nitrogen and oxygen atoms in total. The van der Waals surface area contributed by atoms with Crippen LogP contribution < -0.4 is 5.32 Å². The Bertz CT molecular complexity index is 783. The molecule has 0 bridgehead atoms. The fourth-order valence-electron chi connectivity index (χ4n) is 4.60. The molecule has 0 radical (unpaired) electrons. The summed E-state index contributed by atoms with van der Waals surface area (Å²) in [4.78, 5) is 9.41. The Morgan fingerprint density at radius 2 is 1.44 bits per heavy atom. The van der Waals surface area contributed by atoms with Crippen molar-refractivity contribution in [2.45, 2.75) is 84.0 Å². The smallest absolute Gasteiger partial charge is 0.145 e. The summed E-state index contributed by atoms with van der Waals surface area (Å²) in [6.45, 7) is 7.26. The van der Waals surface area contributed by atoms with Gasteiger partial charge in [-0.25, -0.2) is 0 Å². The number of anilines is 1. The van der Waals surface area contributed by atoms with Crippen LogP contribution >= 0.6 is 0 Å². The number of carbonyl (C=O) groups is 1. The minimum Gasteiger partial charge on any atom is -0.388 e. The van der Waals surface area contributed by atoms with Gasteiger partial charge in [0.25, 0.3) is 0 Å². The van der Waals surface area contributed by atoms with Crippen LogP contribution in [-0.2, 0) is 4.79 Å². The first-order valence-corrected chi connectivity index (χ1v) is 12.6. The van der Waals surface area contributed by atoms with E-state index in [1.807, 2.05) is 7.05 Å². The van der Waals surface area contributed by atoms with Crippen molar-refractivity contribution in [1.29, 1.82) is 0 Å². The summed E-state index contributed by atoms with van der Waals surface area (Å²) >= 11 is 0. The van der Waals surface area contributed by atoms with Crippen LogP contribution in [0.4, 0.5) is 5.69 Å². The van der Waals surface area contributed by atoms with Crippen molar-refractivity contribution in [2.24, 2.45) is 5.92 Å². The zero-order chi connectivity index (χ0) is 23.2. The minimum absolute atomic E-state index is 0.574. The van der Waals surface area contributed by atoms with Gasteiger partial charge in [0.15, 0.2) is 0 Å². The Morgan fingerprint density at radius 1 is 0.906 bits per heavy atom. The van der Waals surface area contributed by atoms with Gasteiger partial charge in [-0.2, -0.15) is 0 Å². The molecule has 0 aromatic heterocycles. The maximum Gasteiger partial charge on any atom is 0.145 e. The lowest BCUT2D eigenvalue weighted by atomic mass is 9.77. The molecule has 1 N–H and O–H groups in total. The van der Waals surface area contributed by atoms with Crippen LogP contribution in [0.25, 0.3) is 11.1 Å². The lowest BCUT2D eigenvalue weighted by Crippen LogP contribution is -2.13. The third kappa shape index (κ3) is 9.02. The van der Waals surface area contributed by atoms with Gasteiger partial charge >= 0.3 is 0 Å². The highest BCUT2D eigenvalue weighted by atomic mass is 16.1.